The van der Waals surface area contributed by atoms with Crippen molar-refractivity contribution in [2.75, 3.05) is 4.72 Å². The van der Waals surface area contributed by atoms with Gasteiger partial charge < -0.3 is 0 Å². The molecule has 0 saturated carbocycles. The number of carbonyl (C=O) groups excluding carboxylic acids is 1. The first-order valence-electron chi connectivity index (χ1n) is 9.13. The Bertz CT molecular complexity index is 1190. The molecule has 1 amide bonds. The molecule has 0 saturated heterocycles. The molecular formula is C21H18ClN3O3S2. The van der Waals surface area contributed by atoms with E-state index in [9.17, 15) is 13.2 Å². The lowest BCUT2D eigenvalue weighted by Crippen LogP contribution is -2.23. The third kappa shape index (κ3) is 4.26. The molecule has 2 aromatic carbocycles. The Labute approximate surface area is 183 Å². The van der Waals surface area contributed by atoms with Gasteiger partial charge in [0.2, 0.25) is 5.91 Å². The number of thiophene rings is 1. The van der Waals surface area contributed by atoms with Crippen LogP contribution in [-0.4, -0.2) is 25.0 Å². The fourth-order valence-electron chi connectivity index (χ4n) is 3.24. The second-order valence-corrected chi connectivity index (χ2v) is 9.88. The lowest BCUT2D eigenvalue weighted by molar-refractivity contribution is -0.130. The van der Waals surface area contributed by atoms with Crippen LogP contribution in [0, 0.1) is 0 Å². The van der Waals surface area contributed by atoms with Crippen LogP contribution in [0.1, 0.15) is 29.8 Å². The number of carbonyl (C=O) groups is 1. The van der Waals surface area contributed by atoms with Crippen molar-refractivity contribution >= 4 is 50.3 Å². The summed E-state index contributed by atoms with van der Waals surface area (Å²) in [7, 11) is -3.71. The van der Waals surface area contributed by atoms with Crippen LogP contribution < -0.4 is 4.72 Å². The molecule has 9 heteroatoms. The maximum atomic E-state index is 12.5. The highest BCUT2D eigenvalue weighted by Crippen LogP contribution is 2.35. The van der Waals surface area contributed by atoms with Gasteiger partial charge in [0.25, 0.3) is 10.0 Å². The van der Waals surface area contributed by atoms with E-state index in [0.29, 0.717) is 17.1 Å². The lowest BCUT2D eigenvalue weighted by Gasteiger charge is -2.18. The van der Waals surface area contributed by atoms with Gasteiger partial charge in [0, 0.05) is 28.9 Å². The topological polar surface area (TPSA) is 78.8 Å². The highest BCUT2D eigenvalue weighted by Gasteiger charge is 2.32. The summed E-state index contributed by atoms with van der Waals surface area (Å²) in [5, 5.41) is 8.47. The number of benzene rings is 2. The van der Waals surface area contributed by atoms with Crippen LogP contribution in [0.5, 0.6) is 0 Å². The monoisotopic (exact) mass is 459 g/mol. The second-order valence-electron chi connectivity index (χ2n) is 6.78. The minimum atomic E-state index is -3.71. The van der Waals surface area contributed by atoms with Crippen molar-refractivity contribution in [2.24, 2.45) is 5.10 Å². The number of hydrogen-bond donors (Lipinski definition) is 1. The summed E-state index contributed by atoms with van der Waals surface area (Å²) in [6, 6.07) is 16.8. The zero-order valence-electron chi connectivity index (χ0n) is 15.9. The van der Waals surface area contributed by atoms with Crippen molar-refractivity contribution in [3.05, 3.63) is 81.5 Å². The van der Waals surface area contributed by atoms with Gasteiger partial charge in [0.15, 0.2) is 0 Å². The molecule has 0 fully saturated rings. The van der Waals surface area contributed by atoms with Crippen LogP contribution >= 0.6 is 22.9 Å². The number of halogens is 1. The highest BCUT2D eigenvalue weighted by molar-refractivity contribution is 7.92. The molecule has 1 atom stereocenters. The zero-order valence-corrected chi connectivity index (χ0v) is 18.3. The van der Waals surface area contributed by atoms with E-state index in [-0.39, 0.29) is 16.8 Å². The highest BCUT2D eigenvalue weighted by atomic mass is 35.5. The molecular weight excluding hydrogens is 442 g/mol. The summed E-state index contributed by atoms with van der Waals surface area (Å²) in [6.45, 7) is 1.50. The van der Waals surface area contributed by atoms with E-state index in [0.717, 1.165) is 16.2 Å². The van der Waals surface area contributed by atoms with Crippen molar-refractivity contribution in [1.29, 1.82) is 0 Å². The molecule has 4 rings (SSSR count). The van der Waals surface area contributed by atoms with Crippen LogP contribution in [-0.2, 0) is 14.8 Å². The van der Waals surface area contributed by atoms with Crippen LogP contribution in [0.15, 0.2) is 76.0 Å². The van der Waals surface area contributed by atoms with Gasteiger partial charge in [-0.1, -0.05) is 29.8 Å². The summed E-state index contributed by atoms with van der Waals surface area (Å²) in [5.74, 6) is -0.115. The SMILES string of the molecule is CC(=O)N1N=C(c2ccc(NS(=O)(=O)c3ccc(Cl)cc3)cc2)CC1c1cccs1. The maximum absolute atomic E-state index is 12.5. The number of anilines is 1. The third-order valence-electron chi connectivity index (χ3n) is 4.70. The summed E-state index contributed by atoms with van der Waals surface area (Å²) in [6.07, 6.45) is 0.607. The summed E-state index contributed by atoms with van der Waals surface area (Å²) < 4.78 is 27.6. The van der Waals surface area contributed by atoms with Crippen LogP contribution in [0.25, 0.3) is 0 Å². The molecule has 3 aromatic rings. The predicted molar refractivity (Wildman–Crippen MR) is 119 cm³/mol. The molecule has 0 bridgehead atoms. The van der Waals surface area contributed by atoms with E-state index >= 15 is 0 Å². The van der Waals surface area contributed by atoms with E-state index < -0.39 is 10.0 Å². The first-order valence-corrected chi connectivity index (χ1v) is 11.9. The van der Waals surface area contributed by atoms with Crippen molar-refractivity contribution in [3.63, 3.8) is 0 Å². The molecule has 1 N–H and O–H groups in total. The van der Waals surface area contributed by atoms with E-state index in [1.807, 2.05) is 17.5 Å². The number of hydrazone groups is 1. The molecule has 1 aromatic heterocycles. The van der Waals surface area contributed by atoms with Gasteiger partial charge in [-0.15, -0.1) is 11.3 Å². The largest absolute Gasteiger partial charge is 0.280 e. The number of nitrogens with zero attached hydrogens (tertiary/aromatic N) is 2. The van der Waals surface area contributed by atoms with Crippen LogP contribution in [0.4, 0.5) is 5.69 Å². The van der Waals surface area contributed by atoms with Gasteiger partial charge >= 0.3 is 0 Å². The Morgan fingerprint density at radius 2 is 1.83 bits per heavy atom. The molecule has 1 aliphatic heterocycles. The summed E-state index contributed by atoms with van der Waals surface area (Å²) in [5.41, 5.74) is 2.07. The molecule has 0 spiro atoms. The average molecular weight is 460 g/mol. The van der Waals surface area contributed by atoms with Crippen molar-refractivity contribution in [2.45, 2.75) is 24.3 Å². The Kier molecular flexibility index (Phi) is 5.64. The lowest BCUT2D eigenvalue weighted by atomic mass is 10.0. The van der Waals surface area contributed by atoms with Crippen molar-refractivity contribution < 1.29 is 13.2 Å². The quantitative estimate of drug-likeness (QED) is 0.589. The van der Waals surface area contributed by atoms with Gasteiger partial charge in [-0.25, -0.2) is 13.4 Å². The van der Waals surface area contributed by atoms with E-state index in [1.165, 1.54) is 36.2 Å². The first kappa shape index (κ1) is 20.6. The Balaban J connectivity index is 1.53. The van der Waals surface area contributed by atoms with E-state index in [4.69, 9.17) is 11.6 Å². The van der Waals surface area contributed by atoms with Gasteiger partial charge in [0.1, 0.15) is 0 Å². The first-order chi connectivity index (χ1) is 14.3. The molecule has 30 heavy (non-hydrogen) atoms. The third-order valence-corrected chi connectivity index (χ3v) is 7.32. The average Bonchev–Trinajstić information content (AvgIpc) is 3.38. The van der Waals surface area contributed by atoms with E-state index in [2.05, 4.69) is 9.82 Å². The number of amides is 1. The molecule has 6 nitrogen and oxygen atoms in total. The number of nitrogens with one attached hydrogen (secondary N) is 1. The van der Waals surface area contributed by atoms with Gasteiger partial charge in [0.05, 0.1) is 16.6 Å². The van der Waals surface area contributed by atoms with Gasteiger partial charge in [-0.05, 0) is 53.4 Å². The standard InChI is InChI=1S/C21H18ClN3O3S2/c1-14(26)25-20(21-3-2-12-29-21)13-19(23-25)15-4-8-17(9-5-15)24-30(27,28)18-10-6-16(22)7-11-18/h2-12,20,24H,13H2,1H3. The van der Waals surface area contributed by atoms with Crippen molar-refractivity contribution in [1.82, 2.24) is 5.01 Å². The minimum absolute atomic E-state index is 0.111. The predicted octanol–water partition coefficient (Wildman–Crippen LogP) is 4.90. The minimum Gasteiger partial charge on any atom is -0.280 e. The maximum Gasteiger partial charge on any atom is 0.261 e. The fourth-order valence-corrected chi connectivity index (χ4v) is 5.23. The second kappa shape index (κ2) is 8.22. The van der Waals surface area contributed by atoms with E-state index in [1.54, 1.807) is 35.6 Å². The Morgan fingerprint density at radius 3 is 2.43 bits per heavy atom. The molecule has 0 radical (unpaired) electrons. The zero-order chi connectivity index (χ0) is 21.3. The normalized spacial score (nSPS) is 16.4. The van der Waals surface area contributed by atoms with Gasteiger partial charge in [-0.3, -0.25) is 9.52 Å². The van der Waals surface area contributed by atoms with Crippen molar-refractivity contribution in [3.8, 4) is 0 Å². The number of hydrogen-bond acceptors (Lipinski definition) is 5. The summed E-state index contributed by atoms with van der Waals surface area (Å²) >= 11 is 7.42. The smallest absolute Gasteiger partial charge is 0.261 e. The van der Waals surface area contributed by atoms with Crippen LogP contribution in [0.2, 0.25) is 5.02 Å². The molecule has 154 valence electrons. The van der Waals surface area contributed by atoms with Crippen LogP contribution in [0.3, 0.4) is 0 Å². The number of sulfonamides is 1. The number of rotatable bonds is 5. The molecule has 1 aliphatic rings. The Morgan fingerprint density at radius 1 is 1.13 bits per heavy atom. The Hall–Kier alpha value is -2.68. The fraction of sp³-hybridized carbons (Fsp3) is 0.143. The summed E-state index contributed by atoms with van der Waals surface area (Å²) in [4.78, 5) is 13.2. The molecule has 1 unspecified atom stereocenters. The molecule has 0 aliphatic carbocycles. The molecule has 2 heterocycles. The van der Waals surface area contributed by atoms with Gasteiger partial charge in [-0.2, -0.15) is 5.10 Å².